The van der Waals surface area contributed by atoms with E-state index in [9.17, 15) is 14.4 Å². The highest BCUT2D eigenvalue weighted by Crippen LogP contribution is 2.31. The molecule has 2 N–H and O–H groups in total. The fraction of sp³-hybridized carbons (Fsp3) is 0.261. The molecule has 30 heavy (non-hydrogen) atoms. The monoisotopic (exact) mass is 404 g/mol. The molecule has 0 spiro atoms. The molecule has 2 aromatic rings. The maximum Gasteiger partial charge on any atom is 0.319 e. The number of benzene rings is 2. The van der Waals surface area contributed by atoms with Crippen LogP contribution in [0, 0.1) is 0 Å². The molecule has 4 rings (SSSR count). The van der Waals surface area contributed by atoms with Crippen LogP contribution in [0.4, 0.5) is 10.5 Å². The number of piperidine rings is 1. The van der Waals surface area contributed by atoms with Crippen LogP contribution >= 0.6 is 0 Å². The van der Waals surface area contributed by atoms with Gasteiger partial charge in [0.25, 0.3) is 5.91 Å². The lowest BCUT2D eigenvalue weighted by atomic mass is 10.1. The Morgan fingerprint density at radius 3 is 2.27 bits per heavy atom. The van der Waals surface area contributed by atoms with Gasteiger partial charge in [-0.15, -0.1) is 0 Å². The summed E-state index contributed by atoms with van der Waals surface area (Å²) in [4.78, 5) is 40.7. The van der Waals surface area contributed by atoms with Gasteiger partial charge in [0.2, 0.25) is 5.91 Å². The van der Waals surface area contributed by atoms with Gasteiger partial charge in [-0.1, -0.05) is 43.0 Å². The van der Waals surface area contributed by atoms with Gasteiger partial charge < -0.3 is 15.5 Å². The molecule has 0 unspecified atom stereocenters. The minimum Gasteiger partial charge on any atom is -0.341 e. The van der Waals surface area contributed by atoms with E-state index in [1.54, 1.807) is 17.0 Å². The number of anilines is 1. The van der Waals surface area contributed by atoms with E-state index >= 15 is 0 Å². The summed E-state index contributed by atoms with van der Waals surface area (Å²) < 4.78 is 0. The molecular formula is C23H24N4O3. The molecule has 0 radical (unpaired) electrons. The molecule has 2 aliphatic heterocycles. The minimum atomic E-state index is -0.247. The van der Waals surface area contributed by atoms with E-state index in [4.69, 9.17) is 0 Å². The normalized spacial score (nSPS) is 16.4. The molecule has 1 saturated heterocycles. The van der Waals surface area contributed by atoms with Crippen LogP contribution in [0.2, 0.25) is 0 Å². The van der Waals surface area contributed by atoms with Gasteiger partial charge in [-0.25, -0.2) is 4.79 Å². The molecule has 0 atom stereocenters. The molecule has 0 aliphatic carbocycles. The number of nitrogens with one attached hydrogen (secondary N) is 2. The predicted octanol–water partition coefficient (Wildman–Crippen LogP) is 2.93. The van der Waals surface area contributed by atoms with Crippen LogP contribution in [0.15, 0.2) is 61.2 Å². The van der Waals surface area contributed by atoms with Gasteiger partial charge in [0.15, 0.2) is 0 Å². The van der Waals surface area contributed by atoms with Crippen LogP contribution in [0.3, 0.4) is 0 Å². The number of carbonyl (C=O) groups is 3. The van der Waals surface area contributed by atoms with Crippen molar-refractivity contribution >= 4 is 29.2 Å². The van der Waals surface area contributed by atoms with Crippen molar-refractivity contribution in [3.8, 4) is 0 Å². The Balaban J connectivity index is 1.26. The topological polar surface area (TPSA) is 81.8 Å². The molecule has 0 aromatic heterocycles. The zero-order valence-electron chi connectivity index (χ0n) is 16.6. The van der Waals surface area contributed by atoms with Gasteiger partial charge >= 0.3 is 6.03 Å². The summed E-state index contributed by atoms with van der Waals surface area (Å²) in [6.07, 6.45) is 1.34. The van der Waals surface area contributed by atoms with Crippen molar-refractivity contribution in [1.82, 2.24) is 15.1 Å². The van der Waals surface area contributed by atoms with E-state index in [0.717, 1.165) is 11.3 Å². The quantitative estimate of drug-likeness (QED) is 0.822. The lowest BCUT2D eigenvalue weighted by Crippen LogP contribution is -2.49. The molecule has 7 heteroatoms. The summed E-state index contributed by atoms with van der Waals surface area (Å²) in [5, 5.41) is 5.76. The molecule has 2 aromatic carbocycles. The largest absolute Gasteiger partial charge is 0.341 e. The highest BCUT2D eigenvalue weighted by molar-refractivity contribution is 6.10. The zero-order chi connectivity index (χ0) is 21.1. The van der Waals surface area contributed by atoms with Crippen molar-refractivity contribution in [1.29, 1.82) is 0 Å². The maximum absolute atomic E-state index is 12.8. The van der Waals surface area contributed by atoms with Crippen molar-refractivity contribution in [3.63, 3.8) is 0 Å². The molecule has 1 fully saturated rings. The number of urea groups is 1. The van der Waals surface area contributed by atoms with Crippen molar-refractivity contribution in [2.45, 2.75) is 18.9 Å². The van der Waals surface area contributed by atoms with E-state index in [0.29, 0.717) is 37.2 Å². The van der Waals surface area contributed by atoms with Gasteiger partial charge in [0, 0.05) is 41.6 Å². The van der Waals surface area contributed by atoms with Crippen molar-refractivity contribution in [2.24, 2.45) is 0 Å². The van der Waals surface area contributed by atoms with Crippen LogP contribution in [0.25, 0.3) is 5.70 Å². The third-order valence-corrected chi connectivity index (χ3v) is 5.55. The van der Waals surface area contributed by atoms with Gasteiger partial charge in [0.1, 0.15) is 6.54 Å². The summed E-state index contributed by atoms with van der Waals surface area (Å²) in [7, 11) is 0. The number of carbonyl (C=O) groups excluding carboxylic acids is 3. The second kappa shape index (κ2) is 8.41. The Labute approximate surface area is 175 Å². The van der Waals surface area contributed by atoms with Crippen LogP contribution in [0.5, 0.6) is 0 Å². The Kier molecular flexibility index (Phi) is 5.52. The van der Waals surface area contributed by atoms with Gasteiger partial charge in [-0.05, 0) is 31.0 Å². The SMILES string of the molecule is C=C1c2ccccc2C(=O)N1CC(=O)N1CCC(NC(=O)Nc2ccccc2)CC1. The number of hydrogen-bond acceptors (Lipinski definition) is 3. The average molecular weight is 404 g/mol. The Morgan fingerprint density at radius 1 is 0.967 bits per heavy atom. The van der Waals surface area contributed by atoms with Crippen molar-refractivity contribution in [3.05, 3.63) is 72.3 Å². The first-order chi connectivity index (χ1) is 14.5. The summed E-state index contributed by atoms with van der Waals surface area (Å²) in [5.41, 5.74) is 2.67. The smallest absolute Gasteiger partial charge is 0.319 e. The molecule has 2 aliphatic rings. The lowest BCUT2D eigenvalue weighted by molar-refractivity contribution is -0.132. The van der Waals surface area contributed by atoms with Crippen LogP contribution in [0.1, 0.15) is 28.8 Å². The standard InChI is InChI=1S/C23H24N4O3/c1-16-19-9-5-6-10-20(19)22(29)27(16)15-21(28)26-13-11-18(12-14-26)25-23(30)24-17-7-3-2-4-8-17/h2-10,18H,1,11-15H2,(H2,24,25,30). The van der Waals surface area contributed by atoms with Gasteiger partial charge in [-0.3, -0.25) is 14.5 Å². The van der Waals surface area contributed by atoms with E-state index in [1.807, 2.05) is 42.5 Å². The highest BCUT2D eigenvalue weighted by Gasteiger charge is 2.33. The predicted molar refractivity (Wildman–Crippen MR) is 115 cm³/mol. The minimum absolute atomic E-state index is 0.00500. The summed E-state index contributed by atoms with van der Waals surface area (Å²) in [6, 6.07) is 16.3. The first kappa shape index (κ1) is 19.7. The second-order valence-electron chi connectivity index (χ2n) is 7.50. The Morgan fingerprint density at radius 2 is 1.60 bits per heavy atom. The lowest BCUT2D eigenvalue weighted by Gasteiger charge is -2.33. The zero-order valence-corrected chi connectivity index (χ0v) is 16.6. The van der Waals surface area contributed by atoms with E-state index < -0.39 is 0 Å². The number of hydrogen-bond donors (Lipinski definition) is 2. The highest BCUT2D eigenvalue weighted by atomic mass is 16.2. The Hall–Kier alpha value is -3.61. The molecule has 2 heterocycles. The molecule has 4 amide bonds. The fourth-order valence-corrected chi connectivity index (χ4v) is 3.88. The van der Waals surface area contributed by atoms with Gasteiger partial charge in [0.05, 0.1) is 0 Å². The van der Waals surface area contributed by atoms with E-state index in [1.165, 1.54) is 4.90 Å². The van der Waals surface area contributed by atoms with Crippen LogP contribution in [-0.2, 0) is 4.79 Å². The third kappa shape index (κ3) is 4.05. The summed E-state index contributed by atoms with van der Waals surface area (Å²) in [5.74, 6) is -0.289. The van der Waals surface area contributed by atoms with Crippen molar-refractivity contribution < 1.29 is 14.4 Å². The molecule has 154 valence electrons. The second-order valence-corrected chi connectivity index (χ2v) is 7.50. The average Bonchev–Trinajstić information content (AvgIpc) is 3.00. The molecule has 0 saturated carbocycles. The molecule has 0 bridgehead atoms. The van der Waals surface area contributed by atoms with Gasteiger partial charge in [-0.2, -0.15) is 0 Å². The summed E-state index contributed by atoms with van der Waals surface area (Å²) >= 11 is 0. The third-order valence-electron chi connectivity index (χ3n) is 5.55. The summed E-state index contributed by atoms with van der Waals surface area (Å²) in [6.45, 7) is 5.05. The van der Waals surface area contributed by atoms with Crippen molar-refractivity contribution in [2.75, 3.05) is 25.0 Å². The molecule has 7 nitrogen and oxygen atoms in total. The van der Waals surface area contributed by atoms with E-state index in [-0.39, 0.29) is 30.4 Å². The number of amides is 4. The van der Waals surface area contributed by atoms with Crippen LogP contribution < -0.4 is 10.6 Å². The Bertz CT molecular complexity index is 946. The number of para-hydroxylation sites is 1. The number of nitrogens with zero attached hydrogens (tertiary/aromatic N) is 2. The first-order valence-corrected chi connectivity index (χ1v) is 10.0. The number of rotatable bonds is 4. The first-order valence-electron chi connectivity index (χ1n) is 10.0. The van der Waals surface area contributed by atoms with Crippen LogP contribution in [-0.4, -0.2) is 53.3 Å². The van der Waals surface area contributed by atoms with E-state index in [2.05, 4.69) is 17.2 Å². The maximum atomic E-state index is 12.8. The number of likely N-dealkylation sites (tertiary alicyclic amines) is 1. The number of fused-ring (bicyclic) bond motifs is 1. The fourth-order valence-electron chi connectivity index (χ4n) is 3.88. The molecular weight excluding hydrogens is 380 g/mol.